The number of likely N-dealkylation sites (tertiary alicyclic amines) is 1. The fraction of sp³-hybridized carbons (Fsp3) is 0.667. The molecule has 29 heavy (non-hydrogen) atoms. The number of amides is 1. The van der Waals surface area contributed by atoms with Gasteiger partial charge in [-0.2, -0.15) is 0 Å². The average Bonchev–Trinajstić information content (AvgIpc) is 2.69. The van der Waals surface area contributed by atoms with Gasteiger partial charge >= 0.3 is 5.97 Å². The molecular weight excluding hydrogens is 364 g/mol. The molecule has 5 heteroatoms. The summed E-state index contributed by atoms with van der Waals surface area (Å²) in [5.41, 5.74) is 3.07. The highest BCUT2D eigenvalue weighted by molar-refractivity contribution is 5.84. The summed E-state index contributed by atoms with van der Waals surface area (Å²) in [7, 11) is 2.28. The van der Waals surface area contributed by atoms with Crippen LogP contribution in [0.2, 0.25) is 0 Å². The SMILES string of the molecule is CC(=O)NC(C(=O)Oc1ccc2c(c1)[C@@]13CCCC[C@H]1[C@@H](C2)N(C)CC3)C(C)C. The van der Waals surface area contributed by atoms with Gasteiger partial charge in [0.2, 0.25) is 5.91 Å². The van der Waals surface area contributed by atoms with Crippen molar-refractivity contribution in [3.05, 3.63) is 29.3 Å². The number of benzene rings is 1. The van der Waals surface area contributed by atoms with Crippen LogP contribution in [0.3, 0.4) is 0 Å². The predicted octanol–water partition coefficient (Wildman–Crippen LogP) is 3.44. The van der Waals surface area contributed by atoms with Crippen molar-refractivity contribution in [1.82, 2.24) is 10.2 Å². The number of ether oxygens (including phenoxy) is 1. The maximum Gasteiger partial charge on any atom is 0.334 e. The van der Waals surface area contributed by atoms with Crippen LogP contribution in [0, 0.1) is 11.8 Å². The fourth-order valence-electron chi connectivity index (χ4n) is 6.14. The number of carbonyl (C=O) groups excluding carboxylic acids is 2. The monoisotopic (exact) mass is 398 g/mol. The van der Waals surface area contributed by atoms with E-state index in [1.165, 1.54) is 50.2 Å². The molecule has 1 aliphatic heterocycles. The molecule has 0 aromatic heterocycles. The van der Waals surface area contributed by atoms with E-state index in [0.717, 1.165) is 13.0 Å². The Morgan fingerprint density at radius 2 is 2.03 bits per heavy atom. The second kappa shape index (κ2) is 7.75. The number of esters is 1. The Bertz CT molecular complexity index is 805. The maximum atomic E-state index is 12.8. The van der Waals surface area contributed by atoms with Gasteiger partial charge in [0.05, 0.1) is 0 Å². The average molecular weight is 399 g/mol. The number of nitrogens with one attached hydrogen (secondary N) is 1. The van der Waals surface area contributed by atoms with E-state index < -0.39 is 6.04 Å². The third kappa shape index (κ3) is 3.58. The van der Waals surface area contributed by atoms with Crippen LogP contribution >= 0.6 is 0 Å². The van der Waals surface area contributed by atoms with Gasteiger partial charge in [-0.1, -0.05) is 32.8 Å². The van der Waals surface area contributed by atoms with E-state index in [1.54, 1.807) is 0 Å². The highest BCUT2D eigenvalue weighted by atomic mass is 16.5. The van der Waals surface area contributed by atoms with Crippen LogP contribution in [0.15, 0.2) is 18.2 Å². The number of carbonyl (C=O) groups is 2. The van der Waals surface area contributed by atoms with E-state index in [9.17, 15) is 9.59 Å². The van der Waals surface area contributed by atoms with Crippen LogP contribution in [0.4, 0.5) is 0 Å². The molecule has 5 nitrogen and oxygen atoms in total. The number of piperidine rings is 1. The van der Waals surface area contributed by atoms with Gasteiger partial charge in [-0.15, -0.1) is 0 Å². The predicted molar refractivity (Wildman–Crippen MR) is 113 cm³/mol. The molecule has 4 atom stereocenters. The largest absolute Gasteiger partial charge is 0.425 e. The minimum absolute atomic E-state index is 0.0278. The number of hydrogen-bond donors (Lipinski definition) is 1. The molecule has 2 aliphatic carbocycles. The molecular formula is C24H34N2O3. The number of rotatable bonds is 4. The van der Waals surface area contributed by atoms with Crippen LogP contribution in [0.1, 0.15) is 64.0 Å². The first kappa shape index (κ1) is 20.4. The van der Waals surface area contributed by atoms with Crippen LogP contribution in [0.25, 0.3) is 0 Å². The van der Waals surface area contributed by atoms with Gasteiger partial charge in [0.15, 0.2) is 0 Å². The van der Waals surface area contributed by atoms with Gasteiger partial charge in [-0.25, -0.2) is 4.79 Å². The summed E-state index contributed by atoms with van der Waals surface area (Å²) in [6.07, 6.45) is 7.44. The zero-order valence-electron chi connectivity index (χ0n) is 18.2. The van der Waals surface area contributed by atoms with E-state index in [-0.39, 0.29) is 23.2 Å². The Balaban J connectivity index is 1.63. The molecule has 1 saturated carbocycles. The van der Waals surface area contributed by atoms with Crippen molar-refractivity contribution in [2.75, 3.05) is 13.6 Å². The van der Waals surface area contributed by atoms with Crippen LogP contribution in [0.5, 0.6) is 5.75 Å². The first-order valence-corrected chi connectivity index (χ1v) is 11.1. The molecule has 1 heterocycles. The molecule has 1 unspecified atom stereocenters. The molecule has 1 amide bonds. The molecule has 1 aromatic carbocycles. The van der Waals surface area contributed by atoms with Crippen LogP contribution in [-0.4, -0.2) is 42.5 Å². The molecule has 4 rings (SSSR count). The standard InChI is InChI=1S/C24H34N2O3/c1-15(2)22(25-16(3)27)23(28)29-18-9-8-17-13-21-19-7-5-6-10-24(19,20(17)14-18)11-12-26(21)4/h8-9,14-15,19,21-22H,5-7,10-13H2,1-4H3,(H,25,27)/t19-,21+,22?,24+/m0/s1. The Labute approximate surface area is 174 Å². The molecule has 1 N–H and O–H groups in total. The van der Waals surface area contributed by atoms with Gasteiger partial charge in [0.1, 0.15) is 11.8 Å². The maximum absolute atomic E-state index is 12.8. The van der Waals surface area contributed by atoms with Crippen molar-refractivity contribution >= 4 is 11.9 Å². The van der Waals surface area contributed by atoms with Crippen molar-refractivity contribution in [1.29, 1.82) is 0 Å². The van der Waals surface area contributed by atoms with Gasteiger partial charge in [-0.05, 0) is 74.4 Å². The lowest BCUT2D eigenvalue weighted by molar-refractivity contribution is -0.140. The molecule has 0 spiro atoms. The third-order valence-electron chi connectivity index (χ3n) is 7.58. The molecule has 1 saturated heterocycles. The van der Waals surface area contributed by atoms with Gasteiger partial charge in [0, 0.05) is 18.4 Å². The zero-order chi connectivity index (χ0) is 20.8. The summed E-state index contributed by atoms with van der Waals surface area (Å²) >= 11 is 0. The molecule has 2 bridgehead atoms. The number of hydrogen-bond acceptors (Lipinski definition) is 4. The summed E-state index contributed by atoms with van der Waals surface area (Å²) in [5, 5.41) is 2.73. The summed E-state index contributed by atoms with van der Waals surface area (Å²) < 4.78 is 5.78. The molecule has 3 aliphatic rings. The van der Waals surface area contributed by atoms with Crippen molar-refractivity contribution in [3.63, 3.8) is 0 Å². The lowest BCUT2D eigenvalue weighted by atomic mass is 9.52. The summed E-state index contributed by atoms with van der Waals surface area (Å²) in [6, 6.07) is 6.24. The minimum atomic E-state index is -0.628. The Morgan fingerprint density at radius 3 is 2.76 bits per heavy atom. The second-order valence-corrected chi connectivity index (χ2v) is 9.67. The molecule has 0 radical (unpaired) electrons. The van der Waals surface area contributed by atoms with E-state index in [2.05, 4.69) is 29.4 Å². The Kier molecular flexibility index (Phi) is 5.45. The second-order valence-electron chi connectivity index (χ2n) is 9.67. The van der Waals surface area contributed by atoms with E-state index in [4.69, 9.17) is 4.74 Å². The first-order valence-electron chi connectivity index (χ1n) is 11.1. The third-order valence-corrected chi connectivity index (χ3v) is 7.58. The first-order chi connectivity index (χ1) is 13.8. The number of nitrogens with zero attached hydrogens (tertiary/aromatic N) is 1. The lowest BCUT2D eigenvalue weighted by Crippen LogP contribution is -2.59. The lowest BCUT2D eigenvalue weighted by Gasteiger charge is -2.58. The van der Waals surface area contributed by atoms with Crippen molar-refractivity contribution in [2.24, 2.45) is 11.8 Å². The van der Waals surface area contributed by atoms with Crippen LogP contribution in [-0.2, 0) is 21.4 Å². The quantitative estimate of drug-likeness (QED) is 0.623. The summed E-state index contributed by atoms with van der Waals surface area (Å²) in [5.74, 6) is 0.689. The summed E-state index contributed by atoms with van der Waals surface area (Å²) in [4.78, 5) is 26.8. The van der Waals surface area contributed by atoms with Gasteiger partial charge in [-0.3, -0.25) is 4.79 Å². The van der Waals surface area contributed by atoms with Gasteiger partial charge < -0.3 is 15.0 Å². The smallest absolute Gasteiger partial charge is 0.334 e. The van der Waals surface area contributed by atoms with Crippen LogP contribution < -0.4 is 10.1 Å². The van der Waals surface area contributed by atoms with Gasteiger partial charge in [0.25, 0.3) is 0 Å². The van der Waals surface area contributed by atoms with E-state index in [0.29, 0.717) is 17.7 Å². The van der Waals surface area contributed by atoms with Crippen molar-refractivity contribution < 1.29 is 14.3 Å². The van der Waals surface area contributed by atoms with E-state index in [1.807, 2.05) is 19.9 Å². The molecule has 158 valence electrons. The topological polar surface area (TPSA) is 58.6 Å². The zero-order valence-corrected chi connectivity index (χ0v) is 18.2. The Hall–Kier alpha value is -1.88. The molecule has 2 fully saturated rings. The minimum Gasteiger partial charge on any atom is -0.425 e. The highest BCUT2D eigenvalue weighted by Crippen LogP contribution is 2.55. The fourth-order valence-corrected chi connectivity index (χ4v) is 6.14. The highest BCUT2D eigenvalue weighted by Gasteiger charge is 2.53. The van der Waals surface area contributed by atoms with Crippen molar-refractivity contribution in [2.45, 2.75) is 76.8 Å². The number of likely N-dealkylation sites (N-methyl/N-ethyl adjacent to an activating group) is 1. The Morgan fingerprint density at radius 1 is 1.24 bits per heavy atom. The van der Waals surface area contributed by atoms with Crippen molar-refractivity contribution in [3.8, 4) is 5.75 Å². The van der Waals surface area contributed by atoms with E-state index >= 15 is 0 Å². The normalized spacial score (nSPS) is 29.6. The molecule has 1 aromatic rings. The number of fused-ring (bicyclic) bond motifs is 1. The summed E-state index contributed by atoms with van der Waals surface area (Å²) in [6.45, 7) is 6.40.